The molecule has 0 saturated heterocycles. The monoisotopic (exact) mass is 322 g/mol. The van der Waals surface area contributed by atoms with Crippen LogP contribution in [-0.2, 0) is 11.2 Å². The van der Waals surface area contributed by atoms with Crippen LogP contribution in [0, 0.1) is 0 Å². The van der Waals surface area contributed by atoms with Gasteiger partial charge in [-0.2, -0.15) is 0 Å². The number of rotatable bonds is 5. The number of nitrogens with zero attached hydrogens (tertiary/aromatic N) is 4. The number of hydrogen-bond acceptors (Lipinski definition) is 5. The smallest absolute Gasteiger partial charge is 0.239 e. The molecule has 1 aliphatic carbocycles. The highest BCUT2D eigenvalue weighted by atomic mass is 16.2. The van der Waals surface area contributed by atoms with Gasteiger partial charge in [0.05, 0.1) is 12.9 Å². The Morgan fingerprint density at radius 3 is 3.08 bits per heavy atom. The van der Waals surface area contributed by atoms with E-state index in [1.54, 1.807) is 11.2 Å². The van der Waals surface area contributed by atoms with Crippen molar-refractivity contribution in [2.45, 2.75) is 12.3 Å². The van der Waals surface area contributed by atoms with Crippen molar-refractivity contribution in [3.8, 4) is 0 Å². The molecule has 0 fully saturated rings. The molecule has 1 amide bonds. The minimum absolute atomic E-state index is 0.0202. The van der Waals surface area contributed by atoms with E-state index in [2.05, 4.69) is 43.5 Å². The van der Waals surface area contributed by atoms with Gasteiger partial charge in [0.1, 0.15) is 11.8 Å². The lowest BCUT2D eigenvalue weighted by atomic mass is 9.77. The number of nitrogens with one attached hydrogen (secondary N) is 2. The number of fused-ring (bicyclic) bond motifs is 2. The summed E-state index contributed by atoms with van der Waals surface area (Å²) < 4.78 is 0. The van der Waals surface area contributed by atoms with Gasteiger partial charge in [-0.25, -0.2) is 15.0 Å². The minimum atomic E-state index is -0.0202. The Balaban J connectivity index is 1.36. The maximum atomic E-state index is 12.2. The van der Waals surface area contributed by atoms with E-state index >= 15 is 0 Å². The number of aromatic amines is 1. The molecular formula is C17H18N6O. The van der Waals surface area contributed by atoms with Crippen molar-refractivity contribution in [3.63, 3.8) is 0 Å². The Labute approximate surface area is 139 Å². The van der Waals surface area contributed by atoms with Gasteiger partial charge in [0.2, 0.25) is 5.91 Å². The first kappa shape index (κ1) is 14.6. The Bertz CT molecular complexity index is 889. The van der Waals surface area contributed by atoms with E-state index in [0.717, 1.165) is 11.9 Å². The van der Waals surface area contributed by atoms with Gasteiger partial charge in [0.15, 0.2) is 11.5 Å². The van der Waals surface area contributed by atoms with Crippen LogP contribution in [0.2, 0.25) is 0 Å². The summed E-state index contributed by atoms with van der Waals surface area (Å²) in [6, 6.07) is 8.38. The summed E-state index contributed by atoms with van der Waals surface area (Å²) in [6.07, 6.45) is 4.07. The lowest BCUT2D eigenvalue weighted by Crippen LogP contribution is -2.39. The van der Waals surface area contributed by atoms with Crippen LogP contribution < -0.4 is 10.2 Å². The fourth-order valence-corrected chi connectivity index (χ4v) is 3.17. The summed E-state index contributed by atoms with van der Waals surface area (Å²) in [5, 5.41) is 3.02. The van der Waals surface area contributed by atoms with Crippen molar-refractivity contribution in [1.82, 2.24) is 25.3 Å². The Hall–Kier alpha value is -2.96. The second kappa shape index (κ2) is 5.92. The van der Waals surface area contributed by atoms with Crippen LogP contribution in [-0.4, -0.2) is 46.0 Å². The second-order valence-electron chi connectivity index (χ2n) is 6.06. The fourth-order valence-electron chi connectivity index (χ4n) is 3.17. The number of benzene rings is 1. The maximum Gasteiger partial charge on any atom is 0.239 e. The Kier molecular flexibility index (Phi) is 3.60. The van der Waals surface area contributed by atoms with Crippen molar-refractivity contribution in [2.75, 3.05) is 25.0 Å². The van der Waals surface area contributed by atoms with E-state index < -0.39 is 0 Å². The van der Waals surface area contributed by atoms with E-state index in [1.165, 1.54) is 17.5 Å². The quantitative estimate of drug-likeness (QED) is 0.738. The molecule has 1 atom stereocenters. The number of carbonyl (C=O) groups excluding carboxylic acids is 1. The summed E-state index contributed by atoms with van der Waals surface area (Å²) in [7, 11) is 1.83. The predicted molar refractivity (Wildman–Crippen MR) is 90.9 cm³/mol. The zero-order chi connectivity index (χ0) is 16.5. The number of carbonyl (C=O) groups is 1. The maximum absolute atomic E-state index is 12.2. The van der Waals surface area contributed by atoms with Crippen LogP contribution in [0.25, 0.3) is 11.2 Å². The largest absolute Gasteiger partial charge is 0.354 e. The third-order valence-corrected chi connectivity index (χ3v) is 4.45. The standard InChI is InChI=1S/C17H18N6O/c1-23(17-15-16(20-9-19-15)21-10-22-17)8-14(24)18-7-12-6-11-4-2-3-5-13(11)12/h2-5,9-10,12H,6-8H2,1H3,(H,18,24)(H,19,20,21,22)/t12-/m1/s1. The van der Waals surface area contributed by atoms with Crippen LogP contribution >= 0.6 is 0 Å². The lowest BCUT2D eigenvalue weighted by molar-refractivity contribution is -0.119. The molecule has 7 heteroatoms. The third-order valence-electron chi connectivity index (χ3n) is 4.45. The fraction of sp³-hybridized carbons (Fsp3) is 0.294. The first-order chi connectivity index (χ1) is 11.7. The topological polar surface area (TPSA) is 86.8 Å². The van der Waals surface area contributed by atoms with Crippen LogP contribution in [0.1, 0.15) is 17.0 Å². The van der Waals surface area contributed by atoms with E-state index in [0.29, 0.717) is 23.9 Å². The first-order valence-electron chi connectivity index (χ1n) is 7.92. The molecule has 4 rings (SSSR count). The molecular weight excluding hydrogens is 304 g/mol. The molecule has 24 heavy (non-hydrogen) atoms. The third kappa shape index (κ3) is 2.58. The summed E-state index contributed by atoms with van der Waals surface area (Å²) in [5.74, 6) is 1.07. The van der Waals surface area contributed by atoms with Crippen LogP contribution in [0.15, 0.2) is 36.9 Å². The van der Waals surface area contributed by atoms with Gasteiger partial charge < -0.3 is 15.2 Å². The highest BCUT2D eigenvalue weighted by molar-refractivity contribution is 5.87. The molecule has 0 radical (unpaired) electrons. The second-order valence-corrected chi connectivity index (χ2v) is 6.06. The van der Waals surface area contributed by atoms with Crippen LogP contribution in [0.3, 0.4) is 0 Å². The van der Waals surface area contributed by atoms with Crippen molar-refractivity contribution >= 4 is 22.9 Å². The average Bonchev–Trinajstić information content (AvgIpc) is 3.04. The number of H-pyrrole nitrogens is 1. The zero-order valence-corrected chi connectivity index (χ0v) is 13.4. The summed E-state index contributed by atoms with van der Waals surface area (Å²) in [4.78, 5) is 29.5. The summed E-state index contributed by atoms with van der Waals surface area (Å²) in [6.45, 7) is 0.909. The molecule has 0 spiro atoms. The molecule has 1 aliphatic rings. The SMILES string of the molecule is CN(CC(=O)NC[C@H]1Cc2ccccc21)c1ncnc2nc[nH]c12. The first-order valence-corrected chi connectivity index (χ1v) is 7.92. The van der Waals surface area contributed by atoms with Crippen LogP contribution in [0.5, 0.6) is 0 Å². The lowest BCUT2D eigenvalue weighted by Gasteiger charge is -2.30. The van der Waals surface area contributed by atoms with Gasteiger partial charge >= 0.3 is 0 Å². The highest BCUT2D eigenvalue weighted by Crippen LogP contribution is 2.33. The van der Waals surface area contributed by atoms with E-state index in [9.17, 15) is 4.79 Å². The number of anilines is 1. The molecule has 2 N–H and O–H groups in total. The van der Waals surface area contributed by atoms with Gasteiger partial charge in [-0.05, 0) is 17.5 Å². The van der Waals surface area contributed by atoms with E-state index in [-0.39, 0.29) is 12.5 Å². The molecule has 2 heterocycles. The van der Waals surface area contributed by atoms with Gasteiger partial charge in [0.25, 0.3) is 0 Å². The van der Waals surface area contributed by atoms with Gasteiger partial charge in [-0.3, -0.25) is 4.79 Å². The van der Waals surface area contributed by atoms with E-state index in [4.69, 9.17) is 0 Å². The minimum Gasteiger partial charge on any atom is -0.354 e. The summed E-state index contributed by atoms with van der Waals surface area (Å²) in [5.41, 5.74) is 4.07. The molecule has 7 nitrogen and oxygen atoms in total. The van der Waals surface area contributed by atoms with E-state index in [1.807, 2.05) is 13.1 Å². The molecule has 122 valence electrons. The average molecular weight is 322 g/mol. The van der Waals surface area contributed by atoms with Gasteiger partial charge in [0, 0.05) is 19.5 Å². The number of hydrogen-bond donors (Lipinski definition) is 2. The predicted octanol–water partition coefficient (Wildman–Crippen LogP) is 1.25. The van der Waals surface area contributed by atoms with Crippen molar-refractivity contribution < 1.29 is 4.79 Å². The number of likely N-dealkylation sites (N-methyl/N-ethyl adjacent to an activating group) is 1. The van der Waals surface area contributed by atoms with Crippen molar-refractivity contribution in [2.24, 2.45) is 0 Å². The van der Waals surface area contributed by atoms with Crippen molar-refractivity contribution in [1.29, 1.82) is 0 Å². The Morgan fingerprint density at radius 2 is 2.21 bits per heavy atom. The number of imidazole rings is 1. The Morgan fingerprint density at radius 1 is 1.33 bits per heavy atom. The number of aromatic nitrogens is 4. The molecule has 1 aromatic carbocycles. The molecule has 0 aliphatic heterocycles. The zero-order valence-electron chi connectivity index (χ0n) is 13.4. The van der Waals surface area contributed by atoms with Crippen molar-refractivity contribution in [3.05, 3.63) is 48.0 Å². The number of amides is 1. The normalized spacial score (nSPS) is 15.6. The van der Waals surface area contributed by atoms with Gasteiger partial charge in [-0.1, -0.05) is 24.3 Å². The van der Waals surface area contributed by atoms with Crippen LogP contribution in [0.4, 0.5) is 5.82 Å². The molecule has 0 saturated carbocycles. The molecule has 0 bridgehead atoms. The molecule has 3 aromatic rings. The van der Waals surface area contributed by atoms with Gasteiger partial charge in [-0.15, -0.1) is 0 Å². The molecule has 0 unspecified atom stereocenters. The summed E-state index contributed by atoms with van der Waals surface area (Å²) >= 11 is 0. The molecule has 2 aromatic heterocycles. The highest BCUT2D eigenvalue weighted by Gasteiger charge is 2.25.